The van der Waals surface area contributed by atoms with Gasteiger partial charge in [0.05, 0.1) is 12.7 Å². The van der Waals surface area contributed by atoms with Crippen LogP contribution < -0.4 is 0 Å². The van der Waals surface area contributed by atoms with Crippen molar-refractivity contribution in [3.63, 3.8) is 0 Å². The highest BCUT2D eigenvalue weighted by Crippen LogP contribution is 2.48. The molecule has 0 aliphatic heterocycles. The Hall–Kier alpha value is -1.83. The molecule has 156 valence electrons. The van der Waals surface area contributed by atoms with E-state index in [4.69, 9.17) is 4.74 Å². The summed E-state index contributed by atoms with van der Waals surface area (Å²) >= 11 is 0. The molecule has 0 amide bonds. The van der Waals surface area contributed by atoms with Gasteiger partial charge in [-0.1, -0.05) is 63.3 Å². The van der Waals surface area contributed by atoms with E-state index >= 15 is 0 Å². The van der Waals surface area contributed by atoms with E-state index in [9.17, 15) is 4.79 Å². The fraction of sp³-hybridized carbons (Fsp3) is 0.593. The van der Waals surface area contributed by atoms with Crippen molar-refractivity contribution in [1.82, 2.24) is 0 Å². The second-order valence-electron chi connectivity index (χ2n) is 9.52. The van der Waals surface area contributed by atoms with E-state index in [0.717, 1.165) is 23.1 Å². The topological polar surface area (TPSA) is 26.3 Å². The molecule has 2 saturated carbocycles. The van der Waals surface area contributed by atoms with Crippen LogP contribution in [0.4, 0.5) is 0 Å². The van der Waals surface area contributed by atoms with E-state index in [1.165, 1.54) is 82.3 Å². The van der Waals surface area contributed by atoms with E-state index in [0.29, 0.717) is 11.5 Å². The van der Waals surface area contributed by atoms with E-state index in [1.807, 2.05) is 12.1 Å². The number of hydrogen-bond donors (Lipinski definition) is 0. The van der Waals surface area contributed by atoms with Gasteiger partial charge in [-0.2, -0.15) is 0 Å². The molecule has 0 spiro atoms. The van der Waals surface area contributed by atoms with Crippen molar-refractivity contribution in [2.45, 2.75) is 77.0 Å². The molecule has 0 radical (unpaired) electrons. The highest BCUT2D eigenvalue weighted by molar-refractivity contribution is 5.95. The molecule has 0 N–H and O–H groups in total. The normalized spacial score (nSPS) is 26.8. The van der Waals surface area contributed by atoms with Crippen LogP contribution in [-0.4, -0.2) is 13.1 Å². The number of carbonyl (C=O) groups is 1. The minimum absolute atomic E-state index is 0.264. The van der Waals surface area contributed by atoms with Crippen LogP contribution in [0.3, 0.4) is 0 Å². The molecule has 2 aliphatic rings. The minimum atomic E-state index is -0.264. The fourth-order valence-electron chi connectivity index (χ4n) is 6.00. The monoisotopic (exact) mass is 392 g/mol. The third kappa shape index (κ3) is 4.68. The molecule has 0 heterocycles. The van der Waals surface area contributed by atoms with E-state index < -0.39 is 0 Å². The van der Waals surface area contributed by atoms with Crippen LogP contribution in [0, 0.1) is 17.8 Å². The van der Waals surface area contributed by atoms with Gasteiger partial charge in [-0.05, 0) is 84.2 Å². The van der Waals surface area contributed by atoms with E-state index in [1.54, 1.807) is 0 Å². The second-order valence-corrected chi connectivity index (χ2v) is 9.52. The first-order chi connectivity index (χ1) is 14.2. The van der Waals surface area contributed by atoms with Crippen LogP contribution in [-0.2, 0) is 4.74 Å². The summed E-state index contributed by atoms with van der Waals surface area (Å²) in [6, 6.07) is 12.7. The van der Waals surface area contributed by atoms with Crippen LogP contribution in [0.5, 0.6) is 0 Å². The Balaban J connectivity index is 1.40. The zero-order chi connectivity index (χ0) is 20.2. The van der Waals surface area contributed by atoms with Crippen molar-refractivity contribution in [2.24, 2.45) is 17.8 Å². The van der Waals surface area contributed by atoms with Crippen molar-refractivity contribution in [2.75, 3.05) is 7.11 Å². The first kappa shape index (κ1) is 20.4. The summed E-state index contributed by atoms with van der Waals surface area (Å²) in [5.74, 6) is 3.37. The molecule has 2 aromatic carbocycles. The lowest BCUT2D eigenvalue weighted by Crippen LogP contribution is -2.30. The first-order valence-corrected chi connectivity index (χ1v) is 11.8. The smallest absolute Gasteiger partial charge is 0.337 e. The molecular formula is C27H36O2. The molecule has 2 aromatic rings. The van der Waals surface area contributed by atoms with E-state index in [-0.39, 0.29) is 5.97 Å². The summed E-state index contributed by atoms with van der Waals surface area (Å²) in [4.78, 5) is 11.8. The number of ether oxygens (including phenoxy) is 1. The van der Waals surface area contributed by atoms with Crippen LogP contribution in [0.1, 0.15) is 93.0 Å². The third-order valence-electron chi connectivity index (χ3n) is 7.69. The Morgan fingerprint density at radius 1 is 0.931 bits per heavy atom. The Labute approximate surface area is 176 Å². The van der Waals surface area contributed by atoms with Crippen molar-refractivity contribution >= 4 is 16.7 Å². The third-order valence-corrected chi connectivity index (χ3v) is 7.69. The summed E-state index contributed by atoms with van der Waals surface area (Å²) in [5.41, 5.74) is 2.12. The number of hydrogen-bond acceptors (Lipinski definition) is 2. The summed E-state index contributed by atoms with van der Waals surface area (Å²) < 4.78 is 4.85. The van der Waals surface area contributed by atoms with Crippen molar-refractivity contribution < 1.29 is 9.53 Å². The number of unbranched alkanes of at least 4 members (excludes halogenated alkanes) is 2. The van der Waals surface area contributed by atoms with Gasteiger partial charge in [-0.3, -0.25) is 0 Å². The lowest BCUT2D eigenvalue weighted by Gasteiger charge is -2.42. The maximum Gasteiger partial charge on any atom is 0.337 e. The largest absolute Gasteiger partial charge is 0.465 e. The number of carbonyl (C=O) groups excluding carboxylic acids is 1. The molecule has 4 rings (SSSR count). The van der Waals surface area contributed by atoms with Crippen LogP contribution in [0.25, 0.3) is 10.8 Å². The first-order valence-electron chi connectivity index (χ1n) is 11.8. The van der Waals surface area contributed by atoms with Gasteiger partial charge in [-0.25, -0.2) is 4.79 Å². The highest BCUT2D eigenvalue weighted by Gasteiger charge is 2.35. The van der Waals surface area contributed by atoms with Crippen molar-refractivity contribution in [1.29, 1.82) is 0 Å². The number of fused-ring (bicyclic) bond motifs is 2. The predicted octanol–water partition coefficient (Wildman–Crippen LogP) is 7.51. The molecular weight excluding hydrogens is 356 g/mol. The zero-order valence-corrected chi connectivity index (χ0v) is 18.2. The molecule has 29 heavy (non-hydrogen) atoms. The Morgan fingerprint density at radius 3 is 2.52 bits per heavy atom. The highest BCUT2D eigenvalue weighted by atomic mass is 16.5. The quantitative estimate of drug-likeness (QED) is 0.375. The zero-order valence-electron chi connectivity index (χ0n) is 18.2. The molecule has 0 aromatic heterocycles. The lowest BCUT2D eigenvalue weighted by atomic mass is 9.63. The summed E-state index contributed by atoms with van der Waals surface area (Å²) in [7, 11) is 1.44. The van der Waals surface area contributed by atoms with Crippen molar-refractivity contribution in [3.8, 4) is 0 Å². The molecule has 4 atom stereocenters. The van der Waals surface area contributed by atoms with Crippen LogP contribution in [0.15, 0.2) is 36.4 Å². The SMILES string of the molecule is CCCCCC1CCC2CC(c3ccc4cc(C(=O)OC)ccc4c3)CCC2C1. The molecule has 4 unspecified atom stereocenters. The molecule has 0 saturated heterocycles. The van der Waals surface area contributed by atoms with Gasteiger partial charge >= 0.3 is 5.97 Å². The second kappa shape index (κ2) is 9.32. The fourth-order valence-corrected chi connectivity index (χ4v) is 6.00. The Bertz CT molecular complexity index is 840. The number of esters is 1. The van der Waals surface area contributed by atoms with Crippen LogP contribution in [0.2, 0.25) is 0 Å². The number of benzene rings is 2. The predicted molar refractivity (Wildman–Crippen MR) is 120 cm³/mol. The van der Waals surface area contributed by atoms with Gasteiger partial charge in [0.2, 0.25) is 0 Å². The maximum atomic E-state index is 11.8. The molecule has 2 aliphatic carbocycles. The Morgan fingerprint density at radius 2 is 1.69 bits per heavy atom. The van der Waals surface area contributed by atoms with Gasteiger partial charge in [0, 0.05) is 0 Å². The van der Waals surface area contributed by atoms with Gasteiger partial charge in [0.15, 0.2) is 0 Å². The molecule has 2 fully saturated rings. The Kier molecular flexibility index (Phi) is 6.57. The average Bonchev–Trinajstić information content (AvgIpc) is 2.77. The molecule has 2 heteroatoms. The van der Waals surface area contributed by atoms with E-state index in [2.05, 4.69) is 31.2 Å². The van der Waals surface area contributed by atoms with Gasteiger partial charge in [-0.15, -0.1) is 0 Å². The summed E-state index contributed by atoms with van der Waals surface area (Å²) in [5, 5.41) is 2.36. The van der Waals surface area contributed by atoms with Crippen molar-refractivity contribution in [3.05, 3.63) is 47.5 Å². The lowest BCUT2D eigenvalue weighted by molar-refractivity contribution is 0.0601. The number of rotatable bonds is 6. The summed E-state index contributed by atoms with van der Waals surface area (Å²) in [6.45, 7) is 2.31. The van der Waals surface area contributed by atoms with Gasteiger partial charge in [0.1, 0.15) is 0 Å². The van der Waals surface area contributed by atoms with Crippen LogP contribution >= 0.6 is 0 Å². The standard InChI is InChI=1S/C27H36O2/c1-3-4-5-6-19-7-8-21-16-22(10-9-20(21)15-19)23-11-12-25-18-26(27(28)29-2)14-13-24(25)17-23/h11-14,17-22H,3-10,15-16H2,1-2H3. The van der Waals surface area contributed by atoms with Gasteiger partial charge in [0.25, 0.3) is 0 Å². The average molecular weight is 393 g/mol. The minimum Gasteiger partial charge on any atom is -0.465 e. The molecule has 2 nitrogen and oxygen atoms in total. The molecule has 0 bridgehead atoms. The number of methoxy groups -OCH3 is 1. The maximum absolute atomic E-state index is 11.8. The summed E-state index contributed by atoms with van der Waals surface area (Å²) in [6.07, 6.45) is 14.2. The van der Waals surface area contributed by atoms with Gasteiger partial charge < -0.3 is 4.74 Å².